The second-order valence-corrected chi connectivity index (χ2v) is 5.23. The Morgan fingerprint density at radius 3 is 2.82 bits per heavy atom. The number of hydrogen-bond donors (Lipinski definition) is 1. The third-order valence-electron chi connectivity index (χ3n) is 3.53. The van der Waals surface area contributed by atoms with E-state index >= 15 is 0 Å². The smallest absolute Gasteiger partial charge is 0.108 e. The number of ether oxygens (including phenoxy) is 1. The lowest BCUT2D eigenvalue weighted by Gasteiger charge is -2.20. The van der Waals surface area contributed by atoms with Gasteiger partial charge in [0.25, 0.3) is 0 Å². The fourth-order valence-corrected chi connectivity index (χ4v) is 2.31. The van der Waals surface area contributed by atoms with Crippen molar-refractivity contribution < 1.29 is 4.74 Å². The summed E-state index contributed by atoms with van der Waals surface area (Å²) in [6.45, 7) is 3.55. The molecular formula is C18H23N3O. The second-order valence-electron chi connectivity index (χ2n) is 5.23. The van der Waals surface area contributed by atoms with Crippen molar-refractivity contribution in [3.05, 3.63) is 35.4 Å². The van der Waals surface area contributed by atoms with Crippen LogP contribution in [-0.4, -0.2) is 31.2 Å². The van der Waals surface area contributed by atoms with Crippen LogP contribution in [0, 0.1) is 11.8 Å². The van der Waals surface area contributed by atoms with E-state index in [-0.39, 0.29) is 6.10 Å². The zero-order valence-corrected chi connectivity index (χ0v) is 13.1. The minimum absolute atomic E-state index is 0.232. The summed E-state index contributed by atoms with van der Waals surface area (Å²) >= 11 is 0. The van der Waals surface area contributed by atoms with Gasteiger partial charge in [-0.05, 0) is 31.4 Å². The number of aliphatic imine (C=N–C) groups is 1. The van der Waals surface area contributed by atoms with Gasteiger partial charge >= 0.3 is 0 Å². The highest BCUT2D eigenvalue weighted by atomic mass is 16.5. The monoisotopic (exact) mass is 297 g/mol. The summed E-state index contributed by atoms with van der Waals surface area (Å²) in [5.74, 6) is 11.6. The van der Waals surface area contributed by atoms with Gasteiger partial charge in [-0.25, -0.2) is 0 Å². The Morgan fingerprint density at radius 1 is 1.36 bits per heavy atom. The Balaban J connectivity index is 1.95. The van der Waals surface area contributed by atoms with Crippen molar-refractivity contribution in [1.29, 1.82) is 0 Å². The zero-order chi connectivity index (χ0) is 15.6. The maximum atomic E-state index is 5.65. The van der Waals surface area contributed by atoms with Gasteiger partial charge in [0.1, 0.15) is 5.71 Å². The van der Waals surface area contributed by atoms with Crippen molar-refractivity contribution in [2.75, 3.05) is 13.2 Å². The standard InChI is InChI=1S/C18H23N3O/c1-2-3-6-15-8-10-16(11-9-15)18(21-19)14-20-13-17-7-4-5-12-22-17/h8-11,14,17H,2,4-5,7,12-13,19H2,1H3/b20-14?,21-18+. The highest BCUT2D eigenvalue weighted by molar-refractivity contribution is 6.38. The number of benzene rings is 1. The van der Waals surface area contributed by atoms with Crippen LogP contribution in [0.1, 0.15) is 43.7 Å². The molecular weight excluding hydrogens is 274 g/mol. The molecule has 0 saturated carbocycles. The van der Waals surface area contributed by atoms with Gasteiger partial charge in [0.05, 0.1) is 12.6 Å². The number of hydrogen-bond acceptors (Lipinski definition) is 4. The molecule has 4 heteroatoms. The molecule has 0 amide bonds. The molecule has 1 aliphatic rings. The first-order chi connectivity index (χ1) is 10.8. The molecule has 1 aliphatic heterocycles. The van der Waals surface area contributed by atoms with Crippen LogP contribution >= 0.6 is 0 Å². The Hall–Kier alpha value is -2.12. The topological polar surface area (TPSA) is 60.0 Å². The Bertz CT molecular complexity index is 573. The molecule has 1 saturated heterocycles. The minimum atomic E-state index is 0.232. The van der Waals surface area contributed by atoms with Crippen LogP contribution in [0.4, 0.5) is 0 Å². The van der Waals surface area contributed by atoms with E-state index in [1.54, 1.807) is 6.21 Å². The van der Waals surface area contributed by atoms with E-state index in [2.05, 4.69) is 21.9 Å². The van der Waals surface area contributed by atoms with Crippen molar-refractivity contribution in [3.63, 3.8) is 0 Å². The number of hydrazone groups is 1. The van der Waals surface area contributed by atoms with Crippen LogP contribution in [0.25, 0.3) is 0 Å². The fourth-order valence-electron chi connectivity index (χ4n) is 2.31. The highest BCUT2D eigenvalue weighted by Gasteiger charge is 2.12. The first-order valence-electron chi connectivity index (χ1n) is 7.82. The Labute approximate surface area is 132 Å². The van der Waals surface area contributed by atoms with Crippen LogP contribution in [0.15, 0.2) is 34.4 Å². The van der Waals surface area contributed by atoms with Crippen molar-refractivity contribution in [1.82, 2.24) is 0 Å². The molecule has 1 atom stereocenters. The average Bonchev–Trinajstić information content (AvgIpc) is 2.58. The molecule has 1 aromatic carbocycles. The van der Waals surface area contributed by atoms with Gasteiger partial charge in [-0.2, -0.15) is 5.10 Å². The molecule has 2 rings (SSSR count). The quantitative estimate of drug-likeness (QED) is 0.402. The summed E-state index contributed by atoms with van der Waals surface area (Å²) in [7, 11) is 0. The number of nitrogens with zero attached hydrogens (tertiary/aromatic N) is 2. The molecule has 1 aromatic rings. The number of rotatable bonds is 4. The van der Waals surface area contributed by atoms with Crippen molar-refractivity contribution in [2.24, 2.45) is 15.9 Å². The lowest BCUT2D eigenvalue weighted by Crippen LogP contribution is -2.22. The van der Waals surface area contributed by atoms with Gasteiger partial charge in [-0.1, -0.05) is 30.9 Å². The van der Waals surface area contributed by atoms with E-state index in [1.807, 2.05) is 31.2 Å². The minimum Gasteiger partial charge on any atom is -0.376 e. The predicted molar refractivity (Wildman–Crippen MR) is 91.3 cm³/mol. The first kappa shape index (κ1) is 16.3. The predicted octanol–water partition coefficient (Wildman–Crippen LogP) is 2.75. The second kappa shape index (κ2) is 9.01. The maximum Gasteiger partial charge on any atom is 0.108 e. The zero-order valence-electron chi connectivity index (χ0n) is 13.1. The Kier molecular flexibility index (Phi) is 6.66. The highest BCUT2D eigenvalue weighted by Crippen LogP contribution is 2.12. The maximum absolute atomic E-state index is 5.65. The molecule has 116 valence electrons. The molecule has 22 heavy (non-hydrogen) atoms. The molecule has 2 N–H and O–H groups in total. The van der Waals surface area contributed by atoms with Gasteiger partial charge in [0, 0.05) is 30.4 Å². The van der Waals surface area contributed by atoms with Crippen LogP contribution in [0.5, 0.6) is 0 Å². The Morgan fingerprint density at radius 2 is 2.18 bits per heavy atom. The van der Waals surface area contributed by atoms with Gasteiger partial charge in [-0.3, -0.25) is 4.99 Å². The third-order valence-corrected chi connectivity index (χ3v) is 3.53. The van der Waals surface area contributed by atoms with Crippen molar-refractivity contribution in [3.8, 4) is 11.8 Å². The summed E-state index contributed by atoms with van der Waals surface area (Å²) in [6, 6.07) is 7.88. The number of nitrogens with two attached hydrogens (primary N) is 1. The lowest BCUT2D eigenvalue weighted by molar-refractivity contribution is 0.0226. The first-order valence-corrected chi connectivity index (χ1v) is 7.82. The summed E-state index contributed by atoms with van der Waals surface area (Å²) in [5, 5.41) is 3.82. The van der Waals surface area contributed by atoms with Crippen LogP contribution < -0.4 is 5.84 Å². The summed E-state index contributed by atoms with van der Waals surface area (Å²) in [5.41, 5.74) is 2.61. The van der Waals surface area contributed by atoms with Gasteiger partial charge < -0.3 is 10.6 Å². The molecule has 0 aliphatic carbocycles. The molecule has 1 heterocycles. The third kappa shape index (κ3) is 5.01. The summed E-state index contributed by atoms with van der Waals surface area (Å²) in [6.07, 6.45) is 6.27. The molecule has 0 bridgehead atoms. The molecule has 1 fully saturated rings. The van der Waals surface area contributed by atoms with Gasteiger partial charge in [0.15, 0.2) is 0 Å². The summed E-state index contributed by atoms with van der Waals surface area (Å²) < 4.78 is 5.65. The van der Waals surface area contributed by atoms with E-state index in [1.165, 1.54) is 6.42 Å². The molecule has 4 nitrogen and oxygen atoms in total. The van der Waals surface area contributed by atoms with Crippen molar-refractivity contribution in [2.45, 2.75) is 38.7 Å². The van der Waals surface area contributed by atoms with Crippen molar-refractivity contribution >= 4 is 11.9 Å². The van der Waals surface area contributed by atoms with E-state index < -0.39 is 0 Å². The van der Waals surface area contributed by atoms with E-state index in [0.717, 1.165) is 37.0 Å². The largest absolute Gasteiger partial charge is 0.376 e. The van der Waals surface area contributed by atoms with E-state index in [4.69, 9.17) is 10.6 Å². The van der Waals surface area contributed by atoms with Crippen LogP contribution in [-0.2, 0) is 4.74 Å². The molecule has 1 unspecified atom stereocenters. The van der Waals surface area contributed by atoms with Gasteiger partial charge in [-0.15, -0.1) is 0 Å². The van der Waals surface area contributed by atoms with E-state index in [0.29, 0.717) is 12.3 Å². The fraction of sp³-hybridized carbons (Fsp3) is 0.444. The van der Waals surface area contributed by atoms with Gasteiger partial charge in [0.2, 0.25) is 0 Å². The van der Waals surface area contributed by atoms with E-state index in [9.17, 15) is 0 Å². The average molecular weight is 297 g/mol. The molecule has 0 spiro atoms. The SMILES string of the molecule is CCC#Cc1ccc(/C(C=NCC2CCCCO2)=N/N)cc1. The molecule has 0 radical (unpaired) electrons. The van der Waals surface area contributed by atoms with Crippen LogP contribution in [0.3, 0.4) is 0 Å². The molecule has 0 aromatic heterocycles. The summed E-state index contributed by atoms with van der Waals surface area (Å²) in [4.78, 5) is 4.43. The lowest BCUT2D eigenvalue weighted by atomic mass is 10.1. The normalized spacial score (nSPS) is 19.0. The van der Waals surface area contributed by atoms with Crippen LogP contribution in [0.2, 0.25) is 0 Å².